The zero-order valence-corrected chi connectivity index (χ0v) is 10.1. The molecule has 1 fully saturated rings. The maximum Gasteiger partial charge on any atom is 0.260 e. The number of nitrogens with one attached hydrogen (secondary N) is 1. The van der Waals surface area contributed by atoms with Gasteiger partial charge in [-0.1, -0.05) is 0 Å². The van der Waals surface area contributed by atoms with Crippen molar-refractivity contribution in [3.8, 4) is 0 Å². The Morgan fingerprint density at radius 3 is 2.56 bits per heavy atom. The Kier molecular flexibility index (Phi) is 3.00. The van der Waals surface area contributed by atoms with Crippen LogP contribution in [0.15, 0.2) is 17.3 Å². The average Bonchev–Trinajstić information content (AvgIpc) is 2.69. The maximum atomic E-state index is 12.1. The predicted molar refractivity (Wildman–Crippen MR) is 57.4 cm³/mol. The second-order valence-electron chi connectivity index (χ2n) is 4.00. The second-order valence-corrected chi connectivity index (χ2v) is 5.91. The number of nitrogens with zero attached hydrogens (tertiary/aromatic N) is 2. The van der Waals surface area contributed by atoms with Gasteiger partial charge in [-0.15, -0.1) is 0 Å². The van der Waals surface area contributed by atoms with Crippen molar-refractivity contribution in [2.75, 3.05) is 13.1 Å². The quantitative estimate of drug-likeness (QED) is 0.808. The van der Waals surface area contributed by atoms with Crippen LogP contribution >= 0.6 is 0 Å². The lowest BCUT2D eigenvalue weighted by Crippen LogP contribution is -2.48. The Morgan fingerprint density at radius 1 is 1.44 bits per heavy atom. The molecule has 0 bridgehead atoms. The topological polar surface area (TPSA) is 75.3 Å². The van der Waals surface area contributed by atoms with Gasteiger partial charge in [-0.05, 0) is 19.9 Å². The lowest BCUT2D eigenvalue weighted by Gasteiger charge is -2.33. The van der Waals surface area contributed by atoms with Gasteiger partial charge in [0.2, 0.25) is 0 Å². The first kappa shape index (κ1) is 11.6. The lowest BCUT2D eigenvalue weighted by molar-refractivity contribution is -0.0441. The molecule has 16 heavy (non-hydrogen) atoms. The van der Waals surface area contributed by atoms with Gasteiger partial charge < -0.3 is 4.74 Å². The first-order chi connectivity index (χ1) is 7.50. The largest absolute Gasteiger partial charge is 0.373 e. The molecule has 0 saturated carbocycles. The third-order valence-electron chi connectivity index (χ3n) is 2.48. The average molecular weight is 245 g/mol. The summed E-state index contributed by atoms with van der Waals surface area (Å²) in [4.78, 5) is 0. The second kappa shape index (κ2) is 4.15. The first-order valence-corrected chi connectivity index (χ1v) is 6.59. The van der Waals surface area contributed by atoms with E-state index in [-0.39, 0.29) is 17.2 Å². The van der Waals surface area contributed by atoms with E-state index in [4.69, 9.17) is 4.74 Å². The van der Waals surface area contributed by atoms with E-state index in [1.807, 2.05) is 13.8 Å². The Balaban J connectivity index is 2.24. The van der Waals surface area contributed by atoms with Gasteiger partial charge in [0.25, 0.3) is 10.0 Å². The number of sulfonamides is 1. The number of rotatable bonds is 2. The molecule has 0 aromatic carbocycles. The molecule has 2 unspecified atom stereocenters. The van der Waals surface area contributed by atoms with E-state index in [0.717, 1.165) is 0 Å². The number of hydrogen-bond donors (Lipinski definition) is 1. The van der Waals surface area contributed by atoms with Crippen molar-refractivity contribution in [1.82, 2.24) is 14.5 Å². The summed E-state index contributed by atoms with van der Waals surface area (Å²) < 4.78 is 31.2. The summed E-state index contributed by atoms with van der Waals surface area (Å²) in [5.41, 5.74) is 0. The molecule has 0 amide bonds. The summed E-state index contributed by atoms with van der Waals surface area (Å²) in [7, 11) is -3.45. The van der Waals surface area contributed by atoms with Crippen LogP contribution in [0.1, 0.15) is 13.8 Å². The highest BCUT2D eigenvalue weighted by molar-refractivity contribution is 7.89. The summed E-state index contributed by atoms with van der Waals surface area (Å²) in [6.45, 7) is 4.49. The number of morpholine rings is 1. The fourth-order valence-corrected chi connectivity index (χ4v) is 3.34. The van der Waals surface area contributed by atoms with E-state index in [1.165, 1.54) is 16.6 Å². The molecule has 0 radical (unpaired) electrons. The highest BCUT2D eigenvalue weighted by Crippen LogP contribution is 2.18. The zero-order valence-electron chi connectivity index (χ0n) is 9.25. The van der Waals surface area contributed by atoms with Crippen LogP contribution in [0, 0.1) is 0 Å². The molecule has 6 nitrogen and oxygen atoms in total. The Morgan fingerprint density at radius 2 is 2.06 bits per heavy atom. The van der Waals surface area contributed by atoms with E-state index in [9.17, 15) is 8.42 Å². The summed E-state index contributed by atoms with van der Waals surface area (Å²) in [6.07, 6.45) is 1.27. The Bertz CT molecular complexity index is 433. The summed E-state index contributed by atoms with van der Waals surface area (Å²) in [5, 5.41) is 6.28. The van der Waals surface area contributed by atoms with E-state index in [2.05, 4.69) is 10.2 Å². The molecule has 1 N–H and O–H groups in total. The molecule has 1 aromatic heterocycles. The van der Waals surface area contributed by atoms with Gasteiger partial charge in [0.1, 0.15) is 0 Å². The number of aromatic nitrogens is 2. The van der Waals surface area contributed by atoms with Crippen LogP contribution in [-0.2, 0) is 14.8 Å². The smallest absolute Gasteiger partial charge is 0.260 e. The fourth-order valence-electron chi connectivity index (χ4n) is 1.85. The third-order valence-corrected chi connectivity index (χ3v) is 4.24. The molecule has 1 aliphatic rings. The van der Waals surface area contributed by atoms with E-state index in [1.54, 1.807) is 0 Å². The number of H-pyrrole nitrogens is 1. The first-order valence-electron chi connectivity index (χ1n) is 5.15. The van der Waals surface area contributed by atoms with Crippen LogP contribution in [0.5, 0.6) is 0 Å². The lowest BCUT2D eigenvalue weighted by atomic mass is 10.3. The van der Waals surface area contributed by atoms with Crippen molar-refractivity contribution in [2.24, 2.45) is 0 Å². The molecule has 1 aliphatic heterocycles. The van der Waals surface area contributed by atoms with Crippen LogP contribution in [0.25, 0.3) is 0 Å². The van der Waals surface area contributed by atoms with Crippen LogP contribution < -0.4 is 0 Å². The van der Waals surface area contributed by atoms with Crippen molar-refractivity contribution in [3.05, 3.63) is 12.3 Å². The molecule has 1 aromatic rings. The number of hydrogen-bond acceptors (Lipinski definition) is 4. The molecular weight excluding hydrogens is 230 g/mol. The van der Waals surface area contributed by atoms with Crippen molar-refractivity contribution < 1.29 is 13.2 Å². The Labute approximate surface area is 94.6 Å². The van der Waals surface area contributed by atoms with Crippen molar-refractivity contribution in [3.63, 3.8) is 0 Å². The molecule has 0 aliphatic carbocycles. The third kappa shape index (κ3) is 2.11. The van der Waals surface area contributed by atoms with Crippen molar-refractivity contribution >= 4 is 10.0 Å². The van der Waals surface area contributed by atoms with Crippen molar-refractivity contribution in [2.45, 2.75) is 31.1 Å². The summed E-state index contributed by atoms with van der Waals surface area (Å²) in [5.74, 6) is 0. The molecule has 1 saturated heterocycles. The van der Waals surface area contributed by atoms with Gasteiger partial charge in [-0.2, -0.15) is 9.40 Å². The highest BCUT2D eigenvalue weighted by atomic mass is 32.2. The van der Waals surface area contributed by atoms with Crippen LogP contribution in [0.2, 0.25) is 0 Å². The standard InChI is InChI=1S/C9H15N3O3S/c1-7-5-12(6-8(2)15-7)16(13,14)9-3-4-10-11-9/h3-4,7-8H,5-6H2,1-2H3,(H,10,11). The van der Waals surface area contributed by atoms with Crippen LogP contribution in [0.3, 0.4) is 0 Å². The van der Waals surface area contributed by atoms with Gasteiger partial charge in [0.15, 0.2) is 5.03 Å². The predicted octanol–water partition coefficient (Wildman–Crippen LogP) is 0.208. The van der Waals surface area contributed by atoms with Crippen LogP contribution in [-0.4, -0.2) is 48.2 Å². The van der Waals surface area contributed by atoms with Gasteiger partial charge in [0.05, 0.1) is 18.4 Å². The van der Waals surface area contributed by atoms with Gasteiger partial charge in [-0.3, -0.25) is 5.10 Å². The summed E-state index contributed by atoms with van der Waals surface area (Å²) in [6, 6.07) is 1.46. The minimum Gasteiger partial charge on any atom is -0.373 e. The van der Waals surface area contributed by atoms with E-state index in [0.29, 0.717) is 13.1 Å². The molecule has 7 heteroatoms. The fraction of sp³-hybridized carbons (Fsp3) is 0.667. The van der Waals surface area contributed by atoms with E-state index < -0.39 is 10.0 Å². The number of aromatic amines is 1. The maximum absolute atomic E-state index is 12.1. The SMILES string of the molecule is CC1CN(S(=O)(=O)c2ccn[nH]2)CC(C)O1. The Hall–Kier alpha value is -0.920. The normalized spacial score (nSPS) is 28.1. The summed E-state index contributed by atoms with van der Waals surface area (Å²) >= 11 is 0. The van der Waals surface area contributed by atoms with Crippen LogP contribution in [0.4, 0.5) is 0 Å². The monoisotopic (exact) mass is 245 g/mol. The van der Waals surface area contributed by atoms with Gasteiger partial charge in [0, 0.05) is 13.1 Å². The molecule has 0 spiro atoms. The molecule has 2 atom stereocenters. The molecule has 2 heterocycles. The molecular formula is C9H15N3O3S. The zero-order chi connectivity index (χ0) is 11.8. The highest BCUT2D eigenvalue weighted by Gasteiger charge is 2.32. The van der Waals surface area contributed by atoms with Gasteiger partial charge in [-0.25, -0.2) is 8.42 Å². The van der Waals surface area contributed by atoms with E-state index >= 15 is 0 Å². The minimum absolute atomic E-state index is 0.0820. The number of ether oxygens (including phenoxy) is 1. The van der Waals surface area contributed by atoms with Crippen molar-refractivity contribution in [1.29, 1.82) is 0 Å². The molecule has 90 valence electrons. The molecule has 2 rings (SSSR count). The van der Waals surface area contributed by atoms with Gasteiger partial charge >= 0.3 is 0 Å². The minimum atomic E-state index is -3.45.